The van der Waals surface area contributed by atoms with E-state index in [1.165, 1.54) is 0 Å². The summed E-state index contributed by atoms with van der Waals surface area (Å²) in [5.41, 5.74) is 0.350. The van der Waals surface area contributed by atoms with Crippen LogP contribution < -0.4 is 0 Å². The Labute approximate surface area is 96.2 Å². The Bertz CT molecular complexity index is 391. The van der Waals surface area contributed by atoms with Gasteiger partial charge in [-0.25, -0.2) is 0 Å². The third-order valence-corrected chi connectivity index (χ3v) is 2.72. The standard InChI is InChI=1S/C14H15NO/c1-2-9-14(12-15,10-6-11-16)13-7-4-3-5-8-13/h2-5,7-8,11H,1,6,9-10H2. The van der Waals surface area contributed by atoms with Crippen molar-refractivity contribution < 1.29 is 4.79 Å². The summed E-state index contributed by atoms with van der Waals surface area (Å²) in [7, 11) is 0. The summed E-state index contributed by atoms with van der Waals surface area (Å²) >= 11 is 0. The van der Waals surface area contributed by atoms with Crippen molar-refractivity contribution in [3.8, 4) is 6.07 Å². The first-order valence-electron chi connectivity index (χ1n) is 5.30. The number of nitrogens with zero attached hydrogens (tertiary/aromatic N) is 1. The second-order valence-electron chi connectivity index (χ2n) is 3.76. The van der Waals surface area contributed by atoms with E-state index in [4.69, 9.17) is 0 Å². The van der Waals surface area contributed by atoms with Gasteiger partial charge in [0.25, 0.3) is 0 Å². The molecule has 1 aromatic rings. The molecule has 0 saturated heterocycles. The minimum absolute atomic E-state index is 0.399. The Morgan fingerprint density at radius 1 is 1.38 bits per heavy atom. The molecule has 0 saturated carbocycles. The summed E-state index contributed by atoms with van der Waals surface area (Å²) in [5.74, 6) is 0. The largest absolute Gasteiger partial charge is 0.303 e. The van der Waals surface area contributed by atoms with Gasteiger partial charge in [0, 0.05) is 6.42 Å². The second-order valence-corrected chi connectivity index (χ2v) is 3.76. The molecule has 0 aliphatic rings. The minimum atomic E-state index is -0.607. The van der Waals surface area contributed by atoms with Crippen LogP contribution in [-0.2, 0) is 10.2 Å². The van der Waals surface area contributed by atoms with Crippen molar-refractivity contribution >= 4 is 6.29 Å². The topological polar surface area (TPSA) is 40.9 Å². The van der Waals surface area contributed by atoms with Crippen LogP contribution in [0.3, 0.4) is 0 Å². The van der Waals surface area contributed by atoms with E-state index >= 15 is 0 Å². The molecule has 82 valence electrons. The van der Waals surface area contributed by atoms with Crippen molar-refractivity contribution in [3.63, 3.8) is 0 Å². The number of hydrogen-bond acceptors (Lipinski definition) is 2. The molecule has 0 aromatic heterocycles. The molecule has 0 spiro atoms. The van der Waals surface area contributed by atoms with Crippen molar-refractivity contribution in [2.24, 2.45) is 0 Å². The number of aldehydes is 1. The van der Waals surface area contributed by atoms with Gasteiger partial charge in [0.1, 0.15) is 6.29 Å². The number of rotatable bonds is 6. The maximum absolute atomic E-state index is 10.5. The van der Waals surface area contributed by atoms with Crippen LogP contribution in [0.4, 0.5) is 0 Å². The van der Waals surface area contributed by atoms with Crippen LogP contribution in [0.25, 0.3) is 0 Å². The van der Waals surface area contributed by atoms with Crippen LogP contribution in [0.15, 0.2) is 43.0 Å². The monoisotopic (exact) mass is 213 g/mol. The third-order valence-electron chi connectivity index (χ3n) is 2.72. The highest BCUT2D eigenvalue weighted by atomic mass is 16.1. The molecule has 0 bridgehead atoms. The van der Waals surface area contributed by atoms with Gasteiger partial charge >= 0.3 is 0 Å². The van der Waals surface area contributed by atoms with Crippen LogP contribution >= 0.6 is 0 Å². The van der Waals surface area contributed by atoms with Gasteiger partial charge in [-0.2, -0.15) is 5.26 Å². The molecule has 0 aliphatic heterocycles. The summed E-state index contributed by atoms with van der Waals surface area (Å²) in [6.07, 6.45) is 4.11. The maximum Gasteiger partial charge on any atom is 0.120 e. The van der Waals surface area contributed by atoms with Gasteiger partial charge in [-0.1, -0.05) is 36.4 Å². The molecule has 0 N–H and O–H groups in total. The van der Waals surface area contributed by atoms with Gasteiger partial charge in [0.05, 0.1) is 11.5 Å². The number of carbonyl (C=O) groups excluding carboxylic acids is 1. The average molecular weight is 213 g/mol. The number of benzene rings is 1. The molecule has 0 radical (unpaired) electrons. The molecule has 0 aliphatic carbocycles. The van der Waals surface area contributed by atoms with Gasteiger partial charge in [-0.3, -0.25) is 0 Å². The van der Waals surface area contributed by atoms with Crippen molar-refractivity contribution in [1.82, 2.24) is 0 Å². The molecule has 16 heavy (non-hydrogen) atoms. The average Bonchev–Trinajstić information content (AvgIpc) is 2.36. The van der Waals surface area contributed by atoms with E-state index in [2.05, 4.69) is 12.6 Å². The number of hydrogen-bond donors (Lipinski definition) is 0. The van der Waals surface area contributed by atoms with E-state index in [1.807, 2.05) is 30.3 Å². The summed E-state index contributed by atoms with van der Waals surface area (Å²) in [6.45, 7) is 3.69. The molecule has 1 unspecified atom stereocenters. The molecule has 2 heteroatoms. The Balaban J connectivity index is 3.07. The fourth-order valence-corrected chi connectivity index (χ4v) is 1.84. The van der Waals surface area contributed by atoms with E-state index in [0.717, 1.165) is 11.8 Å². The lowest BCUT2D eigenvalue weighted by molar-refractivity contribution is -0.108. The lowest BCUT2D eigenvalue weighted by Gasteiger charge is -2.24. The van der Waals surface area contributed by atoms with Gasteiger partial charge in [-0.15, -0.1) is 6.58 Å². The molecular weight excluding hydrogens is 198 g/mol. The Hall–Kier alpha value is -1.88. The van der Waals surface area contributed by atoms with Crippen LogP contribution in [0.2, 0.25) is 0 Å². The molecule has 0 heterocycles. The van der Waals surface area contributed by atoms with Gasteiger partial charge in [-0.05, 0) is 18.4 Å². The fraction of sp³-hybridized carbons (Fsp3) is 0.286. The zero-order valence-corrected chi connectivity index (χ0v) is 9.23. The first-order chi connectivity index (χ1) is 7.79. The highest BCUT2D eigenvalue weighted by molar-refractivity contribution is 5.50. The van der Waals surface area contributed by atoms with Crippen molar-refractivity contribution in [1.29, 1.82) is 5.26 Å². The third kappa shape index (κ3) is 2.58. The summed E-state index contributed by atoms with van der Waals surface area (Å²) in [5, 5.41) is 9.37. The number of nitriles is 1. The molecule has 0 fully saturated rings. The first-order valence-corrected chi connectivity index (χ1v) is 5.30. The molecule has 1 atom stereocenters. The highest BCUT2D eigenvalue weighted by Gasteiger charge is 2.30. The first kappa shape index (κ1) is 12.2. The minimum Gasteiger partial charge on any atom is -0.303 e. The SMILES string of the molecule is C=CCC(C#N)(CCC=O)c1ccccc1. The fourth-order valence-electron chi connectivity index (χ4n) is 1.84. The van der Waals surface area contributed by atoms with Crippen molar-refractivity contribution in [2.75, 3.05) is 0 Å². The second kappa shape index (κ2) is 5.87. The predicted molar refractivity (Wildman–Crippen MR) is 63.8 cm³/mol. The van der Waals surface area contributed by atoms with Gasteiger partial charge in [0.15, 0.2) is 0 Å². The lowest BCUT2D eigenvalue weighted by Crippen LogP contribution is -2.23. The Morgan fingerprint density at radius 2 is 2.06 bits per heavy atom. The number of allylic oxidation sites excluding steroid dienone is 1. The van der Waals surface area contributed by atoms with Crippen molar-refractivity contribution in [2.45, 2.75) is 24.7 Å². The molecule has 2 nitrogen and oxygen atoms in total. The van der Waals surface area contributed by atoms with E-state index in [0.29, 0.717) is 19.3 Å². The quantitative estimate of drug-likeness (QED) is 0.538. The van der Waals surface area contributed by atoms with Gasteiger partial charge < -0.3 is 4.79 Å². The van der Waals surface area contributed by atoms with E-state index in [-0.39, 0.29) is 0 Å². The Morgan fingerprint density at radius 3 is 2.56 bits per heavy atom. The zero-order valence-electron chi connectivity index (χ0n) is 9.23. The molecule has 0 amide bonds. The summed E-state index contributed by atoms with van der Waals surface area (Å²) in [4.78, 5) is 10.5. The van der Waals surface area contributed by atoms with E-state index in [9.17, 15) is 10.1 Å². The van der Waals surface area contributed by atoms with Crippen LogP contribution in [0.1, 0.15) is 24.8 Å². The van der Waals surface area contributed by atoms with Gasteiger partial charge in [0.2, 0.25) is 0 Å². The van der Waals surface area contributed by atoms with E-state index in [1.54, 1.807) is 6.08 Å². The van der Waals surface area contributed by atoms with Crippen LogP contribution in [-0.4, -0.2) is 6.29 Å². The summed E-state index contributed by atoms with van der Waals surface area (Å²) in [6, 6.07) is 11.9. The maximum atomic E-state index is 10.5. The highest BCUT2D eigenvalue weighted by Crippen LogP contribution is 2.32. The molecule has 1 aromatic carbocycles. The Kier molecular flexibility index (Phi) is 4.47. The zero-order chi connectivity index (χ0) is 11.9. The van der Waals surface area contributed by atoms with Crippen LogP contribution in [0.5, 0.6) is 0 Å². The summed E-state index contributed by atoms with van der Waals surface area (Å²) < 4.78 is 0. The molecular formula is C14H15NO. The number of carbonyl (C=O) groups is 1. The predicted octanol–water partition coefficient (Wildman–Crippen LogP) is 3.00. The van der Waals surface area contributed by atoms with Crippen LogP contribution in [0, 0.1) is 11.3 Å². The normalized spacial score (nSPS) is 13.4. The van der Waals surface area contributed by atoms with Crippen molar-refractivity contribution in [3.05, 3.63) is 48.6 Å². The van der Waals surface area contributed by atoms with E-state index < -0.39 is 5.41 Å². The molecule has 1 rings (SSSR count). The lowest BCUT2D eigenvalue weighted by atomic mass is 9.75. The smallest absolute Gasteiger partial charge is 0.120 e.